The van der Waals surface area contributed by atoms with Crippen LogP contribution in [-0.4, -0.2) is 29.9 Å². The number of carbonyl (C=O) groups excluding carboxylic acids is 2. The van der Waals surface area contributed by atoms with Crippen molar-refractivity contribution in [2.24, 2.45) is 5.73 Å². The minimum absolute atomic E-state index is 0.125. The molecule has 4 N–H and O–H groups in total. The largest absolute Gasteiger partial charge is 0.352 e. The van der Waals surface area contributed by atoms with Crippen molar-refractivity contribution in [3.63, 3.8) is 0 Å². The molecule has 1 aromatic heterocycles. The fraction of sp³-hybridized carbons (Fsp3) is 0.400. The average Bonchev–Trinajstić information content (AvgIpc) is 3.19. The molecule has 3 amide bonds. The molecule has 1 aromatic carbocycles. The number of nitrogens with zero attached hydrogens (tertiary/aromatic N) is 1. The normalized spacial score (nSPS) is 12.0. The molecule has 27 heavy (non-hydrogen) atoms. The van der Waals surface area contributed by atoms with Crippen molar-refractivity contribution in [1.29, 1.82) is 0 Å². The van der Waals surface area contributed by atoms with Crippen LogP contribution in [0.3, 0.4) is 0 Å². The van der Waals surface area contributed by atoms with Gasteiger partial charge in [-0.3, -0.25) is 9.69 Å². The van der Waals surface area contributed by atoms with Gasteiger partial charge < -0.3 is 16.4 Å². The van der Waals surface area contributed by atoms with Gasteiger partial charge in [0.15, 0.2) is 0 Å². The smallest absolute Gasteiger partial charge is 0.312 e. The van der Waals surface area contributed by atoms with Gasteiger partial charge in [-0.25, -0.2) is 4.79 Å². The Bertz CT molecular complexity index is 729. The summed E-state index contributed by atoms with van der Waals surface area (Å²) in [4.78, 5) is 26.9. The number of amides is 3. The molecule has 0 aliphatic carbocycles. The average molecular weight is 389 g/mol. The number of thiophene rings is 1. The van der Waals surface area contributed by atoms with E-state index in [-0.39, 0.29) is 12.3 Å². The van der Waals surface area contributed by atoms with Crippen molar-refractivity contribution < 1.29 is 9.59 Å². The molecule has 0 fully saturated rings. The summed E-state index contributed by atoms with van der Waals surface area (Å²) in [6, 6.07) is 10.9. The van der Waals surface area contributed by atoms with Gasteiger partial charge in [-0.05, 0) is 35.7 Å². The van der Waals surface area contributed by atoms with E-state index in [0.29, 0.717) is 6.54 Å². The predicted molar refractivity (Wildman–Crippen MR) is 109 cm³/mol. The maximum Gasteiger partial charge on any atom is 0.312 e. The highest BCUT2D eigenvalue weighted by Gasteiger charge is 2.18. The highest BCUT2D eigenvalue weighted by Crippen LogP contribution is 2.22. The first-order valence-corrected chi connectivity index (χ1v) is 10.1. The Morgan fingerprint density at radius 2 is 1.81 bits per heavy atom. The van der Waals surface area contributed by atoms with Gasteiger partial charge in [0.25, 0.3) is 0 Å². The van der Waals surface area contributed by atoms with E-state index in [4.69, 9.17) is 5.73 Å². The van der Waals surface area contributed by atoms with Crippen LogP contribution in [0.4, 0.5) is 4.79 Å². The lowest BCUT2D eigenvalue weighted by Gasteiger charge is -2.20. The van der Waals surface area contributed by atoms with Crippen LogP contribution < -0.4 is 16.4 Å². The number of primary amides is 1. The molecule has 0 aliphatic rings. The molecule has 6 nitrogen and oxygen atoms in total. The van der Waals surface area contributed by atoms with Crippen molar-refractivity contribution in [2.75, 3.05) is 13.1 Å². The monoisotopic (exact) mass is 388 g/mol. The van der Waals surface area contributed by atoms with E-state index in [2.05, 4.69) is 35.4 Å². The second-order valence-corrected chi connectivity index (χ2v) is 7.27. The van der Waals surface area contributed by atoms with Gasteiger partial charge in [0.2, 0.25) is 5.91 Å². The van der Waals surface area contributed by atoms with Crippen molar-refractivity contribution in [2.45, 2.75) is 39.4 Å². The summed E-state index contributed by atoms with van der Waals surface area (Å²) in [5.74, 6) is -0.125. The van der Waals surface area contributed by atoms with Crippen molar-refractivity contribution in [3.8, 4) is 0 Å². The highest BCUT2D eigenvalue weighted by molar-refractivity contribution is 7.10. The summed E-state index contributed by atoms with van der Waals surface area (Å²) in [5.41, 5.74) is 7.57. The summed E-state index contributed by atoms with van der Waals surface area (Å²) >= 11 is 1.49. The van der Waals surface area contributed by atoms with Crippen LogP contribution in [-0.2, 0) is 17.9 Å². The Morgan fingerprint density at radius 1 is 1.11 bits per heavy atom. The van der Waals surface area contributed by atoms with Crippen LogP contribution in [0.5, 0.6) is 0 Å². The van der Waals surface area contributed by atoms with Crippen LogP contribution in [0.25, 0.3) is 0 Å². The maximum absolute atomic E-state index is 12.4. The Balaban J connectivity index is 1.97. The van der Waals surface area contributed by atoms with Gasteiger partial charge >= 0.3 is 6.03 Å². The zero-order valence-corrected chi connectivity index (χ0v) is 16.7. The Labute approximate surface area is 164 Å². The summed E-state index contributed by atoms with van der Waals surface area (Å²) in [7, 11) is 0. The van der Waals surface area contributed by atoms with E-state index in [0.717, 1.165) is 30.1 Å². The topological polar surface area (TPSA) is 87.5 Å². The first-order chi connectivity index (χ1) is 13.0. The Morgan fingerprint density at radius 3 is 2.41 bits per heavy atom. The Kier molecular flexibility index (Phi) is 8.29. The fourth-order valence-electron chi connectivity index (χ4n) is 2.91. The summed E-state index contributed by atoms with van der Waals surface area (Å²) in [5, 5.41) is 7.52. The number of rotatable bonds is 10. The van der Waals surface area contributed by atoms with Crippen molar-refractivity contribution in [1.82, 2.24) is 15.5 Å². The number of hydrogen-bond acceptors (Lipinski definition) is 4. The third kappa shape index (κ3) is 6.69. The molecule has 0 radical (unpaired) electrons. The van der Waals surface area contributed by atoms with Gasteiger partial charge in [-0.15, -0.1) is 11.3 Å². The van der Waals surface area contributed by atoms with Gasteiger partial charge in [-0.1, -0.05) is 44.2 Å². The summed E-state index contributed by atoms with van der Waals surface area (Å²) in [6.07, 6.45) is 0.154. The molecular weight excluding hydrogens is 360 g/mol. The molecule has 146 valence electrons. The molecule has 0 bridgehead atoms. The minimum atomic E-state index is -0.634. The SMILES string of the molecule is CCN(CC)Cc1ccccc1CNC(=O)CC(NC(N)=O)c1cccs1. The van der Waals surface area contributed by atoms with Crippen LogP contribution in [0, 0.1) is 0 Å². The van der Waals surface area contributed by atoms with E-state index in [1.54, 1.807) is 0 Å². The summed E-state index contributed by atoms with van der Waals surface area (Å²) < 4.78 is 0. The second-order valence-electron chi connectivity index (χ2n) is 6.29. The van der Waals surface area contributed by atoms with Crippen LogP contribution in [0.15, 0.2) is 41.8 Å². The van der Waals surface area contributed by atoms with Gasteiger partial charge in [0.05, 0.1) is 12.5 Å². The Hall–Kier alpha value is -2.38. The van der Waals surface area contributed by atoms with Gasteiger partial charge in [-0.2, -0.15) is 0 Å². The lowest BCUT2D eigenvalue weighted by atomic mass is 10.1. The zero-order chi connectivity index (χ0) is 19.6. The molecule has 0 aliphatic heterocycles. The molecule has 1 unspecified atom stereocenters. The molecular formula is C20H28N4O2S. The fourth-order valence-corrected chi connectivity index (χ4v) is 3.69. The number of carbonyl (C=O) groups is 2. The number of hydrogen-bond donors (Lipinski definition) is 3. The van der Waals surface area contributed by atoms with Crippen molar-refractivity contribution >= 4 is 23.3 Å². The van der Waals surface area contributed by atoms with E-state index in [9.17, 15) is 9.59 Å². The van der Waals surface area contributed by atoms with Gasteiger partial charge in [0, 0.05) is 18.0 Å². The predicted octanol–water partition coefficient (Wildman–Crippen LogP) is 3.01. The van der Waals surface area contributed by atoms with E-state index < -0.39 is 12.1 Å². The molecule has 1 atom stereocenters. The van der Waals surface area contributed by atoms with Crippen LogP contribution in [0.2, 0.25) is 0 Å². The van der Waals surface area contributed by atoms with Crippen LogP contribution >= 0.6 is 11.3 Å². The minimum Gasteiger partial charge on any atom is -0.352 e. The lowest BCUT2D eigenvalue weighted by molar-refractivity contribution is -0.121. The quantitative estimate of drug-likeness (QED) is 0.585. The second kappa shape index (κ2) is 10.7. The van der Waals surface area contributed by atoms with E-state index in [1.165, 1.54) is 16.9 Å². The molecule has 2 rings (SSSR count). The molecule has 1 heterocycles. The zero-order valence-electron chi connectivity index (χ0n) is 15.9. The molecule has 0 saturated heterocycles. The third-order valence-corrected chi connectivity index (χ3v) is 5.46. The number of urea groups is 1. The summed E-state index contributed by atoms with van der Waals surface area (Å²) in [6.45, 7) is 7.58. The molecule has 7 heteroatoms. The maximum atomic E-state index is 12.4. The highest BCUT2D eigenvalue weighted by atomic mass is 32.1. The first kappa shape index (κ1) is 20.9. The molecule has 2 aromatic rings. The third-order valence-electron chi connectivity index (χ3n) is 4.48. The number of benzene rings is 1. The van der Waals surface area contributed by atoms with Crippen molar-refractivity contribution in [3.05, 3.63) is 57.8 Å². The standard InChI is InChI=1S/C20H28N4O2S/c1-3-24(4-2)14-16-9-6-5-8-15(16)13-22-19(25)12-17(23-20(21)26)18-10-7-11-27-18/h5-11,17H,3-4,12-14H2,1-2H3,(H,22,25)(H3,21,23,26). The molecule has 0 spiro atoms. The van der Waals surface area contributed by atoms with E-state index >= 15 is 0 Å². The van der Waals surface area contributed by atoms with E-state index in [1.807, 2.05) is 35.7 Å². The van der Waals surface area contributed by atoms with Gasteiger partial charge in [0.1, 0.15) is 0 Å². The van der Waals surface area contributed by atoms with Crippen LogP contribution in [0.1, 0.15) is 42.3 Å². The lowest BCUT2D eigenvalue weighted by Crippen LogP contribution is -2.36. The number of nitrogens with one attached hydrogen (secondary N) is 2. The molecule has 0 saturated carbocycles. The first-order valence-electron chi connectivity index (χ1n) is 9.18. The number of nitrogens with two attached hydrogens (primary N) is 1.